The number of imide groups is 1. The molecule has 1 aliphatic heterocycles. The monoisotopic (exact) mass is 364 g/mol. The lowest BCUT2D eigenvalue weighted by atomic mass is 10.3. The molecule has 8 heteroatoms. The summed E-state index contributed by atoms with van der Waals surface area (Å²) in [5.41, 5.74) is 0.632. The van der Waals surface area contributed by atoms with Gasteiger partial charge in [-0.25, -0.2) is 8.42 Å². The summed E-state index contributed by atoms with van der Waals surface area (Å²) < 4.78 is 27.2. The highest BCUT2D eigenvalue weighted by Crippen LogP contribution is 2.26. The third-order valence-corrected chi connectivity index (χ3v) is 5.29. The number of anilines is 2. The van der Waals surface area contributed by atoms with Crippen molar-refractivity contribution in [1.82, 2.24) is 0 Å². The quantitative estimate of drug-likeness (QED) is 0.845. The summed E-state index contributed by atoms with van der Waals surface area (Å²) in [4.78, 5) is 24.5. The summed E-state index contributed by atoms with van der Waals surface area (Å²) in [6, 6.07) is 12.0. The van der Waals surface area contributed by atoms with Gasteiger partial charge in [-0.15, -0.1) is 0 Å². The normalized spacial score (nSPS) is 15.0. The molecule has 2 aromatic carbocycles. The van der Waals surface area contributed by atoms with Crippen LogP contribution in [-0.2, 0) is 19.6 Å². The maximum absolute atomic E-state index is 12.4. The van der Waals surface area contributed by atoms with E-state index in [-0.39, 0.29) is 40.3 Å². The van der Waals surface area contributed by atoms with Gasteiger partial charge in [-0.1, -0.05) is 23.7 Å². The van der Waals surface area contributed by atoms with Gasteiger partial charge in [-0.05, 0) is 36.4 Å². The molecule has 124 valence electrons. The molecule has 24 heavy (non-hydrogen) atoms. The molecule has 0 aromatic heterocycles. The molecule has 1 saturated heterocycles. The van der Waals surface area contributed by atoms with Gasteiger partial charge in [0.2, 0.25) is 11.8 Å². The second-order valence-electron chi connectivity index (χ2n) is 5.20. The van der Waals surface area contributed by atoms with Gasteiger partial charge in [0.05, 0.1) is 21.3 Å². The Morgan fingerprint density at radius 1 is 0.917 bits per heavy atom. The summed E-state index contributed by atoms with van der Waals surface area (Å²) >= 11 is 5.95. The molecule has 2 amide bonds. The molecule has 6 nitrogen and oxygen atoms in total. The summed E-state index contributed by atoms with van der Waals surface area (Å²) in [5, 5.41) is 0.283. The van der Waals surface area contributed by atoms with Crippen molar-refractivity contribution in [3.8, 4) is 0 Å². The van der Waals surface area contributed by atoms with E-state index >= 15 is 0 Å². The first-order chi connectivity index (χ1) is 11.4. The molecule has 2 aromatic rings. The van der Waals surface area contributed by atoms with Crippen molar-refractivity contribution in [2.75, 3.05) is 9.62 Å². The molecule has 0 aliphatic carbocycles. The molecule has 0 atom stereocenters. The fraction of sp³-hybridized carbons (Fsp3) is 0.125. The molecular formula is C16H13ClN2O4S. The first-order valence-corrected chi connectivity index (χ1v) is 8.98. The van der Waals surface area contributed by atoms with Crippen molar-refractivity contribution >= 4 is 44.8 Å². The summed E-state index contributed by atoms with van der Waals surface area (Å²) in [6.45, 7) is 0. The average Bonchev–Trinajstić information content (AvgIpc) is 2.88. The van der Waals surface area contributed by atoms with Crippen LogP contribution in [0.4, 0.5) is 11.4 Å². The number of carbonyl (C=O) groups is 2. The van der Waals surface area contributed by atoms with Gasteiger partial charge < -0.3 is 0 Å². The van der Waals surface area contributed by atoms with Crippen LogP contribution in [0.1, 0.15) is 12.8 Å². The van der Waals surface area contributed by atoms with Gasteiger partial charge in [-0.2, -0.15) is 0 Å². The third-order valence-electron chi connectivity index (χ3n) is 3.57. The van der Waals surface area contributed by atoms with Crippen LogP contribution in [0.15, 0.2) is 53.4 Å². The standard InChI is InChI=1S/C16H13ClN2O4S/c17-13-3-1-2-4-14(13)18-24(22,23)12-7-5-11(6-8-12)19-15(20)9-10-16(19)21/h1-8,18H,9-10H2. The Bertz CT molecular complexity index is 894. The maximum atomic E-state index is 12.4. The van der Waals surface area contributed by atoms with Crippen LogP contribution in [0.2, 0.25) is 5.02 Å². The van der Waals surface area contributed by atoms with Crippen LogP contribution in [0.3, 0.4) is 0 Å². The Morgan fingerprint density at radius 2 is 1.50 bits per heavy atom. The lowest BCUT2D eigenvalue weighted by molar-refractivity contribution is -0.121. The third kappa shape index (κ3) is 3.13. The molecule has 0 unspecified atom stereocenters. The fourth-order valence-corrected chi connectivity index (χ4v) is 3.71. The van der Waals surface area contributed by atoms with E-state index in [1.54, 1.807) is 24.3 Å². The van der Waals surface area contributed by atoms with Gasteiger partial charge in [0.1, 0.15) is 0 Å². The minimum absolute atomic E-state index is 0.00487. The molecule has 0 saturated carbocycles. The number of amides is 2. The molecule has 1 aliphatic rings. The Balaban J connectivity index is 1.86. The van der Waals surface area contributed by atoms with E-state index in [1.807, 2.05) is 0 Å². The molecule has 0 radical (unpaired) electrons. The van der Waals surface area contributed by atoms with Crippen molar-refractivity contribution in [3.05, 3.63) is 53.6 Å². The number of para-hydroxylation sites is 1. The number of carbonyl (C=O) groups excluding carboxylic acids is 2. The molecule has 3 rings (SSSR count). The highest BCUT2D eigenvalue weighted by molar-refractivity contribution is 7.92. The number of halogens is 1. The average molecular weight is 365 g/mol. The zero-order chi connectivity index (χ0) is 17.3. The van der Waals surface area contributed by atoms with Gasteiger partial charge in [0.25, 0.3) is 10.0 Å². The summed E-state index contributed by atoms with van der Waals surface area (Å²) in [7, 11) is -3.83. The van der Waals surface area contributed by atoms with Crippen LogP contribution in [0.25, 0.3) is 0 Å². The molecular weight excluding hydrogens is 352 g/mol. The van der Waals surface area contributed by atoms with Crippen LogP contribution >= 0.6 is 11.6 Å². The first kappa shape index (κ1) is 16.5. The van der Waals surface area contributed by atoms with E-state index in [4.69, 9.17) is 11.6 Å². The van der Waals surface area contributed by atoms with Crippen molar-refractivity contribution in [2.45, 2.75) is 17.7 Å². The van der Waals surface area contributed by atoms with Crippen molar-refractivity contribution in [3.63, 3.8) is 0 Å². The van der Waals surface area contributed by atoms with E-state index in [0.29, 0.717) is 5.69 Å². The van der Waals surface area contributed by atoms with Gasteiger partial charge >= 0.3 is 0 Å². The fourth-order valence-electron chi connectivity index (χ4n) is 2.39. The smallest absolute Gasteiger partial charge is 0.261 e. The lowest BCUT2D eigenvalue weighted by Gasteiger charge is -2.14. The zero-order valence-corrected chi connectivity index (χ0v) is 14.0. The van der Waals surface area contributed by atoms with E-state index in [0.717, 1.165) is 4.90 Å². The van der Waals surface area contributed by atoms with Crippen LogP contribution in [0, 0.1) is 0 Å². The van der Waals surface area contributed by atoms with Crippen molar-refractivity contribution < 1.29 is 18.0 Å². The van der Waals surface area contributed by atoms with Crippen molar-refractivity contribution in [1.29, 1.82) is 0 Å². The Labute approximate surface area is 144 Å². The van der Waals surface area contributed by atoms with Crippen LogP contribution < -0.4 is 9.62 Å². The minimum atomic E-state index is -3.83. The lowest BCUT2D eigenvalue weighted by Crippen LogP contribution is -2.28. The second-order valence-corrected chi connectivity index (χ2v) is 7.29. The van der Waals surface area contributed by atoms with Gasteiger partial charge in [-0.3, -0.25) is 19.2 Å². The highest BCUT2D eigenvalue weighted by Gasteiger charge is 2.30. The first-order valence-electron chi connectivity index (χ1n) is 7.12. The minimum Gasteiger partial charge on any atom is -0.278 e. The topological polar surface area (TPSA) is 83.6 Å². The predicted molar refractivity (Wildman–Crippen MR) is 90.4 cm³/mol. The number of nitrogens with one attached hydrogen (secondary N) is 1. The van der Waals surface area contributed by atoms with E-state index in [2.05, 4.69) is 4.72 Å². The Hall–Kier alpha value is -2.38. The number of benzene rings is 2. The number of rotatable bonds is 4. The van der Waals surface area contributed by atoms with Gasteiger partial charge in [0.15, 0.2) is 0 Å². The summed E-state index contributed by atoms with van der Waals surface area (Å²) in [5.74, 6) is -0.574. The largest absolute Gasteiger partial charge is 0.278 e. The molecule has 1 fully saturated rings. The van der Waals surface area contributed by atoms with Crippen LogP contribution in [-0.4, -0.2) is 20.2 Å². The van der Waals surface area contributed by atoms with E-state index < -0.39 is 10.0 Å². The summed E-state index contributed by atoms with van der Waals surface area (Å²) in [6.07, 6.45) is 0.347. The number of sulfonamides is 1. The van der Waals surface area contributed by atoms with Crippen LogP contribution in [0.5, 0.6) is 0 Å². The van der Waals surface area contributed by atoms with Crippen molar-refractivity contribution in [2.24, 2.45) is 0 Å². The van der Waals surface area contributed by atoms with E-state index in [1.165, 1.54) is 24.3 Å². The molecule has 1 N–H and O–H groups in total. The number of nitrogens with zero attached hydrogens (tertiary/aromatic N) is 1. The molecule has 0 spiro atoms. The van der Waals surface area contributed by atoms with Gasteiger partial charge in [0, 0.05) is 12.8 Å². The SMILES string of the molecule is O=C1CCC(=O)N1c1ccc(S(=O)(=O)Nc2ccccc2Cl)cc1. The zero-order valence-electron chi connectivity index (χ0n) is 12.4. The maximum Gasteiger partial charge on any atom is 0.261 e. The van der Waals surface area contributed by atoms with E-state index in [9.17, 15) is 18.0 Å². The molecule has 0 bridgehead atoms. The number of hydrogen-bond acceptors (Lipinski definition) is 4. The molecule has 1 heterocycles. The number of hydrogen-bond donors (Lipinski definition) is 1. The highest BCUT2D eigenvalue weighted by atomic mass is 35.5. The predicted octanol–water partition coefficient (Wildman–Crippen LogP) is 2.79. The second kappa shape index (κ2) is 6.26. The Morgan fingerprint density at radius 3 is 2.08 bits per heavy atom. The Kier molecular flexibility index (Phi) is 4.29.